The Balaban J connectivity index is 2.55. The molecule has 7 N–H and O–H groups in total. The number of amides is 1. The zero-order valence-electron chi connectivity index (χ0n) is 40.7. The quantitative estimate of drug-likeness (QED) is 0.0173. The molecule has 1 fully saturated rings. The van der Waals surface area contributed by atoms with Gasteiger partial charge in [0.2, 0.25) is 5.91 Å². The SMILES string of the molecule is CCCCCCCCCC/C=C/CC/C=C/CC/C=C/C(O)C(COC1OC(CO)C(O)C(OS(=O)(=O)O)C1O)NC(=O)C(O)CCCCCCCCCCCCCCCCCCCC. The number of hydrogen-bond donors (Lipinski definition) is 7. The molecule has 1 aliphatic heterocycles. The van der Waals surface area contributed by atoms with E-state index in [1.54, 1.807) is 6.08 Å². The molecule has 1 saturated heterocycles. The third-order valence-corrected chi connectivity index (χ3v) is 12.7. The Hall–Kier alpha value is -1.72. The summed E-state index contributed by atoms with van der Waals surface area (Å²) in [6.45, 7) is 3.21. The summed E-state index contributed by atoms with van der Waals surface area (Å²) in [4.78, 5) is 13.2. The van der Waals surface area contributed by atoms with Gasteiger partial charge in [0.15, 0.2) is 6.29 Å². The van der Waals surface area contributed by atoms with Crippen molar-refractivity contribution in [2.75, 3.05) is 13.2 Å². The zero-order chi connectivity index (χ0) is 47.8. The fourth-order valence-electron chi connectivity index (χ4n) is 8.14. The van der Waals surface area contributed by atoms with Gasteiger partial charge in [-0.2, -0.15) is 8.42 Å². The van der Waals surface area contributed by atoms with Crippen LogP contribution >= 0.6 is 0 Å². The van der Waals surface area contributed by atoms with Crippen LogP contribution in [0.25, 0.3) is 0 Å². The van der Waals surface area contributed by atoms with Gasteiger partial charge in [-0.15, -0.1) is 0 Å². The van der Waals surface area contributed by atoms with Crippen molar-refractivity contribution in [1.82, 2.24) is 5.32 Å². The molecule has 1 rings (SSSR count). The number of ether oxygens (including phenoxy) is 2. The van der Waals surface area contributed by atoms with Crippen molar-refractivity contribution in [3.63, 3.8) is 0 Å². The van der Waals surface area contributed by atoms with Gasteiger partial charge in [0.05, 0.1) is 25.4 Å². The van der Waals surface area contributed by atoms with Gasteiger partial charge < -0.3 is 40.3 Å². The minimum Gasteiger partial charge on any atom is -0.394 e. The van der Waals surface area contributed by atoms with Crippen LogP contribution in [0.2, 0.25) is 0 Å². The van der Waals surface area contributed by atoms with E-state index < -0.39 is 78.5 Å². The van der Waals surface area contributed by atoms with Gasteiger partial charge >= 0.3 is 10.4 Å². The third-order valence-electron chi connectivity index (χ3n) is 12.3. The first kappa shape index (κ1) is 61.3. The van der Waals surface area contributed by atoms with Crippen molar-refractivity contribution in [3.8, 4) is 0 Å². The fourth-order valence-corrected chi connectivity index (χ4v) is 8.65. The van der Waals surface area contributed by atoms with Crippen molar-refractivity contribution in [1.29, 1.82) is 0 Å². The van der Waals surface area contributed by atoms with Crippen LogP contribution in [0.5, 0.6) is 0 Å². The van der Waals surface area contributed by atoms with Gasteiger partial charge in [0.1, 0.15) is 30.5 Å². The second kappa shape index (κ2) is 41.3. The summed E-state index contributed by atoms with van der Waals surface area (Å²) in [5, 5.41) is 55.3. The summed E-state index contributed by atoms with van der Waals surface area (Å²) < 4.78 is 47.6. The predicted molar refractivity (Wildman–Crippen MR) is 261 cm³/mol. The van der Waals surface area contributed by atoms with E-state index in [0.29, 0.717) is 12.8 Å². The molecule has 13 nitrogen and oxygen atoms in total. The topological polar surface area (TPSA) is 212 Å². The highest BCUT2D eigenvalue weighted by molar-refractivity contribution is 7.80. The first-order valence-corrected chi connectivity index (χ1v) is 27.3. The second-order valence-electron chi connectivity index (χ2n) is 18.2. The van der Waals surface area contributed by atoms with Crippen molar-refractivity contribution >= 4 is 16.3 Å². The normalized spacial score (nSPS) is 20.9. The average Bonchev–Trinajstić information content (AvgIpc) is 3.28. The number of allylic oxidation sites excluding steroid dienone is 5. The molecule has 8 unspecified atom stereocenters. The molecule has 0 spiro atoms. The molecule has 8 atom stereocenters. The van der Waals surface area contributed by atoms with Crippen LogP contribution in [0.4, 0.5) is 0 Å². The maximum atomic E-state index is 13.2. The van der Waals surface area contributed by atoms with E-state index in [4.69, 9.17) is 9.47 Å². The van der Waals surface area contributed by atoms with Crippen LogP contribution in [0.3, 0.4) is 0 Å². The van der Waals surface area contributed by atoms with Crippen LogP contribution in [-0.4, -0.2) is 107 Å². The van der Waals surface area contributed by atoms with Crippen molar-refractivity contribution in [2.45, 2.75) is 268 Å². The average molecular weight is 946 g/mol. The second-order valence-corrected chi connectivity index (χ2v) is 19.3. The maximum absolute atomic E-state index is 13.2. The standard InChI is InChI=1S/C51H95NO12S/c1-3-5-7-9-11-13-15-17-19-21-23-25-27-29-31-33-35-37-39-44(54)43(42-62-51-48(57)49(64-65(59,60)61)47(56)46(41-53)63-51)52-50(58)45(55)40-38-36-34-32-30-28-26-24-22-20-18-16-14-12-10-8-6-4-2/h21,23,29,31,37,39,43-49,51,53-57H,3-20,22,24-28,30,32-36,38,40-42H2,1-2H3,(H,52,58)(H,59,60,61)/b23-21+,31-29+,39-37+. The Morgan fingerprint density at radius 1 is 0.615 bits per heavy atom. The number of aliphatic hydroxyl groups excluding tert-OH is 5. The van der Waals surface area contributed by atoms with E-state index in [1.165, 1.54) is 147 Å². The molecule has 0 aromatic heterocycles. The number of nitrogens with one attached hydrogen (secondary N) is 1. The lowest BCUT2D eigenvalue weighted by atomic mass is 9.99. The number of carbonyl (C=O) groups is 1. The maximum Gasteiger partial charge on any atom is 0.397 e. The van der Waals surface area contributed by atoms with Crippen LogP contribution in [-0.2, 0) is 28.9 Å². The largest absolute Gasteiger partial charge is 0.397 e. The number of carbonyl (C=O) groups excluding carboxylic acids is 1. The van der Waals surface area contributed by atoms with Gasteiger partial charge in [0.25, 0.3) is 0 Å². The monoisotopic (exact) mass is 946 g/mol. The number of rotatable bonds is 44. The van der Waals surface area contributed by atoms with E-state index in [0.717, 1.165) is 44.9 Å². The summed E-state index contributed by atoms with van der Waals surface area (Å²) in [5.41, 5.74) is 0. The fraction of sp³-hybridized carbons (Fsp3) is 0.863. The summed E-state index contributed by atoms with van der Waals surface area (Å²) in [6, 6.07) is -1.14. The first-order valence-electron chi connectivity index (χ1n) is 26.0. The van der Waals surface area contributed by atoms with Crippen molar-refractivity contribution in [2.24, 2.45) is 0 Å². The lowest BCUT2D eigenvalue weighted by Gasteiger charge is -2.41. The molecular weight excluding hydrogens is 851 g/mol. The summed E-state index contributed by atoms with van der Waals surface area (Å²) in [5.74, 6) is -0.714. The highest BCUT2D eigenvalue weighted by Gasteiger charge is 2.48. The Kier molecular flexibility index (Phi) is 38.9. The Morgan fingerprint density at radius 2 is 1.03 bits per heavy atom. The summed E-state index contributed by atoms with van der Waals surface area (Å²) >= 11 is 0. The Bertz CT molecular complexity index is 1310. The summed E-state index contributed by atoms with van der Waals surface area (Å²) in [6.07, 6.45) is 37.9. The molecular formula is C51H95NO12S. The molecule has 0 aromatic rings. The number of hydrogen-bond acceptors (Lipinski definition) is 11. The molecule has 0 radical (unpaired) electrons. The van der Waals surface area contributed by atoms with E-state index >= 15 is 0 Å². The molecule has 1 amide bonds. The molecule has 0 aromatic carbocycles. The molecule has 65 heavy (non-hydrogen) atoms. The van der Waals surface area contributed by atoms with Gasteiger partial charge in [-0.3, -0.25) is 9.35 Å². The number of unbranched alkanes of at least 4 members (excludes halogenated alkanes) is 27. The van der Waals surface area contributed by atoms with Crippen molar-refractivity contribution in [3.05, 3.63) is 36.5 Å². The minimum atomic E-state index is -5.13. The molecule has 0 saturated carbocycles. The lowest BCUT2D eigenvalue weighted by Crippen LogP contribution is -2.61. The van der Waals surface area contributed by atoms with E-state index in [9.17, 15) is 43.3 Å². The highest BCUT2D eigenvalue weighted by atomic mass is 32.3. The third kappa shape index (κ3) is 33.4. The van der Waals surface area contributed by atoms with Crippen LogP contribution in [0.1, 0.15) is 219 Å². The predicted octanol–water partition coefficient (Wildman–Crippen LogP) is 10.0. The Morgan fingerprint density at radius 3 is 1.48 bits per heavy atom. The zero-order valence-corrected chi connectivity index (χ0v) is 41.5. The molecule has 1 aliphatic rings. The molecule has 0 bridgehead atoms. The number of aliphatic hydroxyl groups is 5. The van der Waals surface area contributed by atoms with E-state index in [-0.39, 0.29) is 6.42 Å². The Labute approximate surface area is 395 Å². The highest BCUT2D eigenvalue weighted by Crippen LogP contribution is 2.26. The van der Waals surface area contributed by atoms with Crippen molar-refractivity contribution < 1.29 is 57.0 Å². The molecule has 0 aliphatic carbocycles. The van der Waals surface area contributed by atoms with E-state index in [2.05, 4.69) is 47.7 Å². The molecule has 1 heterocycles. The van der Waals surface area contributed by atoms with E-state index in [1.807, 2.05) is 0 Å². The molecule has 382 valence electrons. The van der Waals surface area contributed by atoms with Crippen LogP contribution in [0, 0.1) is 0 Å². The minimum absolute atomic E-state index is 0.237. The van der Waals surface area contributed by atoms with Crippen LogP contribution < -0.4 is 5.32 Å². The van der Waals surface area contributed by atoms with Gasteiger partial charge in [0, 0.05) is 0 Å². The first-order chi connectivity index (χ1) is 31.4. The summed E-state index contributed by atoms with van der Waals surface area (Å²) in [7, 11) is -5.13. The van der Waals surface area contributed by atoms with Gasteiger partial charge in [-0.25, -0.2) is 4.18 Å². The smallest absolute Gasteiger partial charge is 0.394 e. The van der Waals surface area contributed by atoms with Crippen LogP contribution in [0.15, 0.2) is 36.5 Å². The van der Waals surface area contributed by atoms with Gasteiger partial charge in [-0.05, 0) is 44.9 Å². The lowest BCUT2D eigenvalue weighted by molar-refractivity contribution is -0.298. The molecule has 14 heteroatoms. The van der Waals surface area contributed by atoms with Gasteiger partial charge in [-0.1, -0.05) is 211 Å².